The average molecular weight is 324 g/mol. The molecule has 1 N–H and O–H groups in total. The fourth-order valence-corrected chi connectivity index (χ4v) is 3.87. The van der Waals surface area contributed by atoms with Crippen molar-refractivity contribution in [1.29, 1.82) is 5.26 Å². The standard InChI is InChI=1S/C16H25N2O3P/c1-4-20-22(19,21-5-2)12-11-16(13-17)18-14(3)15-9-7-6-8-10-15/h6-10,14,16,18H,4-5,11-12H2,1-3H3. The summed E-state index contributed by atoms with van der Waals surface area (Å²) >= 11 is 0. The van der Waals surface area contributed by atoms with Crippen LogP contribution in [0.2, 0.25) is 0 Å². The lowest BCUT2D eigenvalue weighted by Crippen LogP contribution is -2.31. The van der Waals surface area contributed by atoms with Gasteiger partial charge in [0.25, 0.3) is 0 Å². The maximum atomic E-state index is 12.4. The maximum absolute atomic E-state index is 12.4. The summed E-state index contributed by atoms with van der Waals surface area (Å²) < 4.78 is 22.9. The number of hydrogen-bond donors (Lipinski definition) is 1. The Bertz CT molecular complexity index is 506. The fraction of sp³-hybridized carbons (Fsp3) is 0.562. The third kappa shape index (κ3) is 6.29. The second-order valence-electron chi connectivity index (χ2n) is 4.94. The minimum absolute atomic E-state index is 0.0458. The largest absolute Gasteiger partial charge is 0.330 e. The molecule has 1 rings (SSSR count). The third-order valence-corrected chi connectivity index (χ3v) is 5.36. The van der Waals surface area contributed by atoms with Gasteiger partial charge in [-0.3, -0.25) is 9.88 Å². The molecule has 22 heavy (non-hydrogen) atoms. The van der Waals surface area contributed by atoms with Gasteiger partial charge in [-0.2, -0.15) is 5.26 Å². The van der Waals surface area contributed by atoms with Gasteiger partial charge in [-0.15, -0.1) is 0 Å². The van der Waals surface area contributed by atoms with E-state index in [4.69, 9.17) is 9.05 Å². The van der Waals surface area contributed by atoms with Crippen molar-refractivity contribution in [1.82, 2.24) is 5.32 Å². The van der Waals surface area contributed by atoms with Crippen molar-refractivity contribution in [2.75, 3.05) is 19.4 Å². The Morgan fingerprint density at radius 3 is 2.32 bits per heavy atom. The van der Waals surface area contributed by atoms with Gasteiger partial charge in [0.1, 0.15) is 0 Å². The quantitative estimate of drug-likeness (QED) is 0.661. The van der Waals surface area contributed by atoms with E-state index in [1.165, 1.54) is 0 Å². The Morgan fingerprint density at radius 1 is 1.23 bits per heavy atom. The molecule has 1 aromatic carbocycles. The lowest BCUT2D eigenvalue weighted by molar-refractivity contribution is 0.219. The first-order valence-corrected chi connectivity index (χ1v) is 9.36. The molecule has 5 nitrogen and oxygen atoms in total. The second kappa shape index (κ2) is 9.76. The highest BCUT2D eigenvalue weighted by atomic mass is 31.2. The van der Waals surface area contributed by atoms with Crippen LogP contribution in [0.5, 0.6) is 0 Å². The van der Waals surface area contributed by atoms with Crippen LogP contribution in [0.15, 0.2) is 30.3 Å². The molecule has 0 heterocycles. The van der Waals surface area contributed by atoms with Gasteiger partial charge >= 0.3 is 7.60 Å². The minimum Gasteiger partial charge on any atom is -0.309 e. The SMILES string of the molecule is CCOP(=O)(CCC(C#N)NC(C)c1ccccc1)OCC. The van der Waals surface area contributed by atoms with Crippen molar-refractivity contribution in [3.63, 3.8) is 0 Å². The maximum Gasteiger partial charge on any atom is 0.330 e. The minimum atomic E-state index is -3.09. The highest BCUT2D eigenvalue weighted by Crippen LogP contribution is 2.48. The molecule has 1 aromatic rings. The molecule has 2 unspecified atom stereocenters. The number of nitrogens with one attached hydrogen (secondary N) is 1. The van der Waals surface area contributed by atoms with Crippen molar-refractivity contribution < 1.29 is 13.6 Å². The molecule has 0 spiro atoms. The molecule has 0 saturated heterocycles. The van der Waals surface area contributed by atoms with Gasteiger partial charge in [0, 0.05) is 6.04 Å². The van der Waals surface area contributed by atoms with E-state index < -0.39 is 13.6 Å². The topological polar surface area (TPSA) is 71.4 Å². The number of benzene rings is 1. The van der Waals surface area contributed by atoms with Gasteiger partial charge in [-0.1, -0.05) is 30.3 Å². The smallest absolute Gasteiger partial charge is 0.309 e. The molecule has 122 valence electrons. The first-order chi connectivity index (χ1) is 10.5. The molecule has 0 amide bonds. The predicted octanol–water partition coefficient (Wildman–Crippen LogP) is 3.89. The van der Waals surface area contributed by atoms with Gasteiger partial charge in [0.05, 0.1) is 31.5 Å². The summed E-state index contributed by atoms with van der Waals surface area (Å²) in [6.07, 6.45) is 0.659. The van der Waals surface area contributed by atoms with Crippen molar-refractivity contribution >= 4 is 7.60 Å². The molecule has 0 aliphatic carbocycles. The molecular weight excluding hydrogens is 299 g/mol. The van der Waals surface area contributed by atoms with Crippen LogP contribution in [0.1, 0.15) is 38.8 Å². The number of nitrogens with zero attached hydrogens (tertiary/aromatic N) is 1. The first kappa shape index (κ1) is 18.9. The Hall–Kier alpha value is -1.18. The van der Waals surface area contributed by atoms with E-state index in [0.717, 1.165) is 5.56 Å². The molecular formula is C16H25N2O3P. The van der Waals surface area contributed by atoms with Crippen LogP contribution in [0, 0.1) is 11.3 Å². The average Bonchev–Trinajstić information content (AvgIpc) is 2.52. The summed E-state index contributed by atoms with van der Waals surface area (Å²) in [5.41, 5.74) is 1.11. The van der Waals surface area contributed by atoms with Crippen molar-refractivity contribution in [2.24, 2.45) is 0 Å². The van der Waals surface area contributed by atoms with E-state index in [1.807, 2.05) is 37.3 Å². The third-order valence-electron chi connectivity index (χ3n) is 3.25. The van der Waals surface area contributed by atoms with Crippen LogP contribution in [-0.4, -0.2) is 25.4 Å². The summed E-state index contributed by atoms with van der Waals surface area (Å²) in [4.78, 5) is 0. The van der Waals surface area contributed by atoms with E-state index >= 15 is 0 Å². The van der Waals surface area contributed by atoms with Crippen LogP contribution < -0.4 is 5.32 Å². The van der Waals surface area contributed by atoms with Gasteiger partial charge < -0.3 is 9.05 Å². The lowest BCUT2D eigenvalue weighted by atomic mass is 10.1. The Labute approximate surface area is 133 Å². The lowest BCUT2D eigenvalue weighted by Gasteiger charge is -2.21. The van der Waals surface area contributed by atoms with Gasteiger partial charge in [0.15, 0.2) is 0 Å². The zero-order valence-electron chi connectivity index (χ0n) is 13.5. The van der Waals surface area contributed by atoms with Gasteiger partial charge in [-0.05, 0) is 32.8 Å². The molecule has 0 aliphatic rings. The number of nitriles is 1. The zero-order chi connectivity index (χ0) is 16.4. The summed E-state index contributed by atoms with van der Waals surface area (Å²) in [5, 5.41) is 12.5. The fourth-order valence-electron chi connectivity index (χ4n) is 2.17. The second-order valence-corrected chi connectivity index (χ2v) is 7.12. The summed E-state index contributed by atoms with van der Waals surface area (Å²) in [5.74, 6) is 0. The first-order valence-electron chi connectivity index (χ1n) is 7.63. The van der Waals surface area contributed by atoms with Crippen LogP contribution in [0.3, 0.4) is 0 Å². The number of rotatable bonds is 10. The summed E-state index contributed by atoms with van der Waals surface area (Å²) in [6, 6.07) is 11.8. The summed E-state index contributed by atoms with van der Waals surface area (Å²) in [7, 11) is -3.09. The van der Waals surface area contributed by atoms with Crippen LogP contribution in [0.4, 0.5) is 0 Å². The van der Waals surface area contributed by atoms with E-state index in [9.17, 15) is 9.83 Å². The van der Waals surface area contributed by atoms with Crippen molar-refractivity contribution in [3.05, 3.63) is 35.9 Å². The predicted molar refractivity (Wildman–Crippen MR) is 87.7 cm³/mol. The molecule has 6 heteroatoms. The Kier molecular flexibility index (Phi) is 8.37. The van der Waals surface area contributed by atoms with Gasteiger partial charge in [-0.25, -0.2) is 0 Å². The Balaban J connectivity index is 2.58. The van der Waals surface area contributed by atoms with Crippen LogP contribution in [-0.2, 0) is 13.6 Å². The van der Waals surface area contributed by atoms with E-state index in [1.54, 1.807) is 13.8 Å². The van der Waals surface area contributed by atoms with Crippen LogP contribution >= 0.6 is 7.60 Å². The van der Waals surface area contributed by atoms with Gasteiger partial charge in [0.2, 0.25) is 0 Å². The highest BCUT2D eigenvalue weighted by molar-refractivity contribution is 7.53. The van der Waals surface area contributed by atoms with Crippen molar-refractivity contribution in [3.8, 4) is 6.07 Å². The van der Waals surface area contributed by atoms with E-state index in [0.29, 0.717) is 19.6 Å². The van der Waals surface area contributed by atoms with Crippen molar-refractivity contribution in [2.45, 2.75) is 39.3 Å². The zero-order valence-corrected chi connectivity index (χ0v) is 14.4. The molecule has 0 saturated carbocycles. The Morgan fingerprint density at radius 2 is 1.82 bits per heavy atom. The monoisotopic (exact) mass is 324 g/mol. The molecule has 0 fully saturated rings. The highest BCUT2D eigenvalue weighted by Gasteiger charge is 2.25. The van der Waals surface area contributed by atoms with E-state index in [-0.39, 0.29) is 12.2 Å². The molecule has 2 atom stereocenters. The number of hydrogen-bond acceptors (Lipinski definition) is 5. The molecule has 0 radical (unpaired) electrons. The van der Waals surface area contributed by atoms with Crippen LogP contribution in [0.25, 0.3) is 0 Å². The molecule has 0 bridgehead atoms. The molecule has 0 aromatic heterocycles. The summed E-state index contributed by atoms with van der Waals surface area (Å²) in [6.45, 7) is 6.24. The molecule has 0 aliphatic heterocycles. The normalized spacial score (nSPS) is 14.3. The van der Waals surface area contributed by atoms with E-state index in [2.05, 4.69) is 11.4 Å².